The molecule has 3 N–H and O–H groups in total. The Morgan fingerprint density at radius 3 is 2.22 bits per heavy atom. The zero-order valence-corrected chi connectivity index (χ0v) is 26.5. The van der Waals surface area contributed by atoms with Gasteiger partial charge in [0.1, 0.15) is 11.4 Å². The highest BCUT2D eigenvalue weighted by atomic mass is 19.4. The summed E-state index contributed by atoms with van der Waals surface area (Å²) in [6.07, 6.45) is 3.82. The monoisotopic (exact) mass is 629 g/mol. The number of nitrogens with one attached hydrogen (secondary N) is 3. The van der Waals surface area contributed by atoms with Crippen molar-refractivity contribution in [2.75, 3.05) is 43.9 Å². The third-order valence-corrected chi connectivity index (χ3v) is 9.49. The van der Waals surface area contributed by atoms with Gasteiger partial charge < -0.3 is 25.8 Å². The number of aromatic nitrogens is 2. The minimum atomic E-state index is -4.67. The number of anilines is 3. The Bertz CT molecular complexity index is 1300. The number of hydrogen-bond donors (Lipinski definition) is 3. The maximum Gasteiger partial charge on any atom is 0.421 e. The van der Waals surface area contributed by atoms with Crippen LogP contribution in [0.15, 0.2) is 30.5 Å². The van der Waals surface area contributed by atoms with Crippen molar-refractivity contribution in [3.63, 3.8) is 0 Å². The Balaban J connectivity index is 1.19. The largest absolute Gasteiger partial charge is 0.421 e. The first kappa shape index (κ1) is 33.0. The molecule has 1 saturated carbocycles. The van der Waals surface area contributed by atoms with Crippen LogP contribution in [0.1, 0.15) is 81.1 Å². The number of piperidine rings is 2. The van der Waals surface area contributed by atoms with Gasteiger partial charge in [0, 0.05) is 42.6 Å². The van der Waals surface area contributed by atoms with E-state index >= 15 is 0 Å². The summed E-state index contributed by atoms with van der Waals surface area (Å²) >= 11 is 0. The molecule has 2 saturated heterocycles. The van der Waals surface area contributed by atoms with Gasteiger partial charge in [0.05, 0.1) is 5.92 Å². The van der Waals surface area contributed by atoms with Crippen LogP contribution in [0.4, 0.5) is 30.6 Å². The van der Waals surface area contributed by atoms with Crippen LogP contribution < -0.4 is 16.0 Å². The molecule has 1 aromatic heterocycles. The average Bonchev–Trinajstić information content (AvgIpc) is 3.46. The molecule has 1 aromatic carbocycles. The highest BCUT2D eigenvalue weighted by molar-refractivity contribution is 5.94. The Morgan fingerprint density at radius 1 is 0.956 bits per heavy atom. The van der Waals surface area contributed by atoms with E-state index in [4.69, 9.17) is 0 Å². The quantitative estimate of drug-likeness (QED) is 0.316. The van der Waals surface area contributed by atoms with Crippen LogP contribution in [0, 0.1) is 17.8 Å². The fourth-order valence-electron chi connectivity index (χ4n) is 6.92. The lowest BCUT2D eigenvalue weighted by molar-refractivity contribution is -0.137. The van der Waals surface area contributed by atoms with Crippen molar-refractivity contribution in [1.29, 1.82) is 0 Å². The van der Waals surface area contributed by atoms with Crippen LogP contribution >= 0.6 is 0 Å². The Hall–Kier alpha value is -3.41. The Labute approximate surface area is 263 Å². The third-order valence-electron chi connectivity index (χ3n) is 9.49. The highest BCUT2D eigenvalue weighted by Crippen LogP contribution is 2.37. The molecule has 2 amide bonds. The minimum absolute atomic E-state index is 0.0100. The smallest absolute Gasteiger partial charge is 0.366 e. The van der Waals surface area contributed by atoms with Gasteiger partial charge in [-0.15, -0.1) is 0 Å². The molecule has 3 aliphatic rings. The fourth-order valence-corrected chi connectivity index (χ4v) is 6.92. The molecule has 2 aliphatic heterocycles. The number of alkyl halides is 3. The van der Waals surface area contributed by atoms with Crippen molar-refractivity contribution in [2.45, 2.75) is 83.5 Å². The number of nitrogens with zero attached hydrogens (tertiary/aromatic N) is 4. The molecule has 0 radical (unpaired) electrons. The van der Waals surface area contributed by atoms with Gasteiger partial charge in [0.15, 0.2) is 0 Å². The van der Waals surface area contributed by atoms with Gasteiger partial charge in [0.2, 0.25) is 11.9 Å². The molecule has 12 heteroatoms. The summed E-state index contributed by atoms with van der Waals surface area (Å²) in [5.41, 5.74) is 0.125. The second-order valence-corrected chi connectivity index (χ2v) is 13.3. The van der Waals surface area contributed by atoms with E-state index in [1.54, 1.807) is 24.3 Å². The zero-order chi connectivity index (χ0) is 32.1. The van der Waals surface area contributed by atoms with Gasteiger partial charge in [-0.1, -0.05) is 6.42 Å². The average molecular weight is 630 g/mol. The number of likely N-dealkylation sites (tertiary alicyclic amines) is 2. The lowest BCUT2D eigenvalue weighted by Crippen LogP contribution is -2.41. The molecule has 3 fully saturated rings. The van der Waals surface area contributed by atoms with Crippen LogP contribution in [0.3, 0.4) is 0 Å². The van der Waals surface area contributed by atoms with Gasteiger partial charge in [-0.2, -0.15) is 18.2 Å². The molecule has 0 spiro atoms. The van der Waals surface area contributed by atoms with E-state index in [0.717, 1.165) is 44.5 Å². The molecule has 1 aliphatic carbocycles. The van der Waals surface area contributed by atoms with Crippen LogP contribution in [-0.4, -0.2) is 76.9 Å². The molecule has 2 atom stereocenters. The van der Waals surface area contributed by atoms with Crippen LogP contribution in [0.25, 0.3) is 0 Å². The summed E-state index contributed by atoms with van der Waals surface area (Å²) in [6.45, 7) is 7.56. The van der Waals surface area contributed by atoms with Crippen LogP contribution in [0.2, 0.25) is 0 Å². The van der Waals surface area contributed by atoms with Crippen molar-refractivity contribution >= 4 is 29.3 Å². The zero-order valence-electron chi connectivity index (χ0n) is 26.5. The number of hydrogen-bond acceptors (Lipinski definition) is 7. The summed E-state index contributed by atoms with van der Waals surface area (Å²) in [5, 5.41) is 8.74. The van der Waals surface area contributed by atoms with Crippen molar-refractivity contribution in [1.82, 2.24) is 25.1 Å². The van der Waals surface area contributed by atoms with Gasteiger partial charge in [0.25, 0.3) is 5.91 Å². The standard InChI is InChI=1S/C33H46F3N7O2/c1-21(2)38-30(44)26-5-4-6-28(26)40-29-27(33(34,35)36)20-37-32(41-29)39-25-9-7-24(8-10-25)31(45)43-17-13-23(14-18-43)19-22-11-15-42(3)16-12-22/h7-10,20-23,26,28H,4-6,11-19H2,1-3H3,(H,38,44)(H2,37,39,40,41)/t26-,28+/m0/s1. The second kappa shape index (κ2) is 14.3. The third kappa shape index (κ3) is 8.65. The molecule has 3 heterocycles. The number of benzene rings is 1. The maximum absolute atomic E-state index is 13.9. The highest BCUT2D eigenvalue weighted by Gasteiger charge is 2.39. The molecule has 246 valence electrons. The van der Waals surface area contributed by atoms with Crippen molar-refractivity contribution in [2.24, 2.45) is 17.8 Å². The second-order valence-electron chi connectivity index (χ2n) is 13.3. The summed E-state index contributed by atoms with van der Waals surface area (Å²) in [7, 11) is 2.18. The predicted molar refractivity (Wildman–Crippen MR) is 168 cm³/mol. The Morgan fingerprint density at radius 2 is 1.60 bits per heavy atom. The molecule has 0 bridgehead atoms. The van der Waals surface area contributed by atoms with E-state index in [1.165, 1.54) is 32.4 Å². The molecule has 2 aromatic rings. The van der Waals surface area contributed by atoms with Crippen molar-refractivity contribution < 1.29 is 22.8 Å². The van der Waals surface area contributed by atoms with E-state index in [2.05, 4.69) is 37.9 Å². The number of amides is 2. The van der Waals surface area contributed by atoms with Crippen molar-refractivity contribution in [3.05, 3.63) is 41.6 Å². The topological polar surface area (TPSA) is 102 Å². The van der Waals surface area contributed by atoms with Gasteiger partial charge >= 0.3 is 6.18 Å². The summed E-state index contributed by atoms with van der Waals surface area (Å²) in [6, 6.07) is 6.31. The summed E-state index contributed by atoms with van der Waals surface area (Å²) in [5.74, 6) is 0.461. The van der Waals surface area contributed by atoms with Crippen LogP contribution in [0.5, 0.6) is 0 Å². The van der Waals surface area contributed by atoms with Gasteiger partial charge in [-0.05, 0) is 115 Å². The SMILES string of the molecule is CC(C)NC(=O)[C@H]1CCC[C@H]1Nc1nc(Nc2ccc(C(=O)N3CCC(CC4CCN(C)CC4)CC3)cc2)ncc1C(F)(F)F. The Kier molecular flexibility index (Phi) is 10.5. The molecular formula is C33H46F3N7O2. The van der Waals surface area contributed by atoms with E-state index in [1.807, 2.05) is 18.7 Å². The lowest BCUT2D eigenvalue weighted by Gasteiger charge is -2.36. The summed E-state index contributed by atoms with van der Waals surface area (Å²) < 4.78 is 41.6. The van der Waals surface area contributed by atoms with Crippen molar-refractivity contribution in [3.8, 4) is 0 Å². The van der Waals surface area contributed by atoms with E-state index < -0.39 is 23.7 Å². The fraction of sp³-hybridized carbons (Fsp3) is 0.636. The van der Waals surface area contributed by atoms with E-state index in [0.29, 0.717) is 30.0 Å². The first-order valence-electron chi connectivity index (χ1n) is 16.3. The number of carbonyl (C=O) groups excluding carboxylic acids is 2. The first-order valence-corrected chi connectivity index (χ1v) is 16.3. The molecule has 45 heavy (non-hydrogen) atoms. The molecule has 9 nitrogen and oxygen atoms in total. The van der Waals surface area contributed by atoms with Gasteiger partial charge in [-0.25, -0.2) is 4.98 Å². The lowest BCUT2D eigenvalue weighted by atomic mass is 9.83. The normalized spacial score (nSPS) is 22.1. The number of carbonyl (C=O) groups is 2. The predicted octanol–water partition coefficient (Wildman–Crippen LogP) is 5.93. The molecular weight excluding hydrogens is 583 g/mol. The number of rotatable bonds is 9. The molecule has 0 unspecified atom stereocenters. The van der Waals surface area contributed by atoms with Gasteiger partial charge in [-0.3, -0.25) is 9.59 Å². The summed E-state index contributed by atoms with van der Waals surface area (Å²) in [4.78, 5) is 38.3. The number of halogens is 3. The molecule has 5 rings (SSSR count). The van der Waals surface area contributed by atoms with E-state index in [9.17, 15) is 22.8 Å². The first-order chi connectivity index (χ1) is 21.5. The van der Waals surface area contributed by atoms with Crippen LogP contribution in [-0.2, 0) is 11.0 Å². The minimum Gasteiger partial charge on any atom is -0.366 e. The maximum atomic E-state index is 13.9. The van der Waals surface area contributed by atoms with E-state index in [-0.39, 0.29) is 29.6 Å².